The van der Waals surface area contributed by atoms with E-state index in [1.54, 1.807) is 4.90 Å². The van der Waals surface area contributed by atoms with Crippen molar-refractivity contribution < 1.29 is 13.6 Å². The van der Waals surface area contributed by atoms with Crippen LogP contribution in [0.2, 0.25) is 0 Å². The average Bonchev–Trinajstić information content (AvgIpc) is 3.16. The predicted octanol–water partition coefficient (Wildman–Crippen LogP) is 2.23. The van der Waals surface area contributed by atoms with Gasteiger partial charge in [-0.2, -0.15) is 0 Å². The summed E-state index contributed by atoms with van der Waals surface area (Å²) < 4.78 is 18.7. The van der Waals surface area contributed by atoms with E-state index in [1.807, 2.05) is 0 Å². The lowest BCUT2D eigenvalue weighted by atomic mass is 10.1. The van der Waals surface area contributed by atoms with E-state index in [0.717, 1.165) is 18.7 Å². The third-order valence-electron chi connectivity index (χ3n) is 4.22. The number of aromatic nitrogens is 2. The van der Waals surface area contributed by atoms with Crippen LogP contribution in [0.4, 0.5) is 4.39 Å². The van der Waals surface area contributed by atoms with Gasteiger partial charge in [0.25, 0.3) is 0 Å². The number of likely N-dealkylation sites (tertiary alicyclic amines) is 1. The highest BCUT2D eigenvalue weighted by atomic mass is 19.1. The number of aryl methyl sites for hydroxylation is 1. The van der Waals surface area contributed by atoms with Crippen LogP contribution in [0, 0.1) is 0 Å². The molecule has 1 atom stereocenters. The summed E-state index contributed by atoms with van der Waals surface area (Å²) in [5, 5.41) is 8.10. The Bertz CT molecular complexity index is 471. The molecule has 0 N–H and O–H groups in total. The van der Waals surface area contributed by atoms with Gasteiger partial charge in [-0.3, -0.25) is 4.79 Å². The molecule has 1 aromatic rings. The minimum atomic E-state index is -0.865. The van der Waals surface area contributed by atoms with Crippen LogP contribution in [0.15, 0.2) is 4.42 Å². The van der Waals surface area contributed by atoms with Crippen molar-refractivity contribution >= 4 is 5.91 Å². The minimum Gasteiger partial charge on any atom is -0.425 e. The number of hydrogen-bond acceptors (Lipinski definition) is 4. The Morgan fingerprint density at radius 2 is 2.10 bits per heavy atom. The molecule has 1 aliphatic carbocycles. The van der Waals surface area contributed by atoms with Crippen molar-refractivity contribution in [3.8, 4) is 0 Å². The van der Waals surface area contributed by atoms with Crippen LogP contribution in [0.5, 0.6) is 0 Å². The molecule has 0 radical (unpaired) electrons. The Labute approximate surface area is 117 Å². The van der Waals surface area contributed by atoms with Crippen molar-refractivity contribution in [2.45, 2.75) is 57.0 Å². The quantitative estimate of drug-likeness (QED) is 0.849. The fourth-order valence-corrected chi connectivity index (χ4v) is 3.02. The van der Waals surface area contributed by atoms with Crippen molar-refractivity contribution in [3.63, 3.8) is 0 Å². The van der Waals surface area contributed by atoms with E-state index in [9.17, 15) is 9.18 Å². The number of hydrogen-bond donors (Lipinski definition) is 0. The molecule has 1 unspecified atom stereocenters. The number of rotatable bonds is 4. The first-order valence-corrected chi connectivity index (χ1v) is 7.46. The van der Waals surface area contributed by atoms with Gasteiger partial charge in [-0.15, -0.1) is 10.2 Å². The first kappa shape index (κ1) is 13.5. The summed E-state index contributed by atoms with van der Waals surface area (Å²) in [5.41, 5.74) is 0. The normalized spacial score (nSPS) is 23.6. The largest absolute Gasteiger partial charge is 0.425 e. The molecule has 1 saturated carbocycles. The molecule has 1 aromatic heterocycles. The molecular formula is C14H20FN3O2. The van der Waals surface area contributed by atoms with E-state index in [1.165, 1.54) is 12.8 Å². The van der Waals surface area contributed by atoms with Gasteiger partial charge >= 0.3 is 0 Å². The van der Waals surface area contributed by atoms with Crippen LogP contribution in [-0.4, -0.2) is 40.3 Å². The molecule has 0 aromatic carbocycles. The fourth-order valence-electron chi connectivity index (χ4n) is 3.02. The Morgan fingerprint density at radius 3 is 2.80 bits per heavy atom. The van der Waals surface area contributed by atoms with Gasteiger partial charge in [0.1, 0.15) is 6.17 Å². The third-order valence-corrected chi connectivity index (χ3v) is 4.22. The van der Waals surface area contributed by atoms with Crippen LogP contribution in [-0.2, 0) is 11.2 Å². The summed E-state index contributed by atoms with van der Waals surface area (Å²) in [4.78, 5) is 13.5. The molecule has 3 rings (SSSR count). The van der Waals surface area contributed by atoms with Crippen LogP contribution in [0.1, 0.15) is 56.2 Å². The molecule has 110 valence electrons. The predicted molar refractivity (Wildman–Crippen MR) is 69.9 cm³/mol. The molecule has 2 fully saturated rings. The first-order chi connectivity index (χ1) is 9.72. The van der Waals surface area contributed by atoms with Crippen molar-refractivity contribution in [2.24, 2.45) is 0 Å². The van der Waals surface area contributed by atoms with Crippen LogP contribution >= 0.6 is 0 Å². The van der Waals surface area contributed by atoms with Gasteiger partial charge in [0, 0.05) is 25.3 Å². The molecule has 5 nitrogen and oxygen atoms in total. The molecule has 20 heavy (non-hydrogen) atoms. The monoisotopic (exact) mass is 281 g/mol. The van der Waals surface area contributed by atoms with Gasteiger partial charge in [0.05, 0.1) is 6.54 Å². The van der Waals surface area contributed by atoms with E-state index in [4.69, 9.17) is 4.42 Å². The van der Waals surface area contributed by atoms with E-state index < -0.39 is 6.17 Å². The standard InChI is InChI=1S/C14H20FN3O2/c15-11-7-8-18(9-11)13(19)6-5-12-16-17-14(20-12)10-3-1-2-4-10/h10-11H,1-9H2. The topological polar surface area (TPSA) is 59.2 Å². The maximum atomic E-state index is 13.0. The highest BCUT2D eigenvalue weighted by molar-refractivity contribution is 5.76. The Balaban J connectivity index is 1.49. The summed E-state index contributed by atoms with van der Waals surface area (Å²) in [5.74, 6) is 1.62. The molecular weight excluding hydrogens is 261 g/mol. The summed E-state index contributed by atoms with van der Waals surface area (Å²) in [6.07, 6.45) is 5.04. The highest BCUT2D eigenvalue weighted by Crippen LogP contribution is 2.33. The maximum Gasteiger partial charge on any atom is 0.223 e. The second-order valence-corrected chi connectivity index (χ2v) is 5.74. The molecule has 1 saturated heterocycles. The molecule has 1 amide bonds. The number of halogens is 1. The molecule has 6 heteroatoms. The summed E-state index contributed by atoms with van der Waals surface area (Å²) in [6, 6.07) is 0. The van der Waals surface area contributed by atoms with Gasteiger partial charge in [0.15, 0.2) is 0 Å². The van der Waals surface area contributed by atoms with Crippen LogP contribution in [0.3, 0.4) is 0 Å². The number of amides is 1. The Kier molecular flexibility index (Phi) is 3.98. The number of nitrogens with zero attached hydrogens (tertiary/aromatic N) is 3. The molecule has 2 heterocycles. The van der Waals surface area contributed by atoms with Gasteiger partial charge in [0.2, 0.25) is 17.7 Å². The number of carbonyl (C=O) groups excluding carboxylic acids is 1. The van der Waals surface area contributed by atoms with Crippen LogP contribution in [0.25, 0.3) is 0 Å². The van der Waals surface area contributed by atoms with Gasteiger partial charge in [-0.05, 0) is 19.3 Å². The lowest BCUT2D eigenvalue weighted by Crippen LogP contribution is -2.29. The zero-order chi connectivity index (χ0) is 13.9. The summed E-state index contributed by atoms with van der Waals surface area (Å²) in [7, 11) is 0. The van der Waals surface area contributed by atoms with E-state index in [0.29, 0.717) is 37.6 Å². The minimum absolute atomic E-state index is 0.0224. The molecule has 2 aliphatic rings. The van der Waals surface area contributed by atoms with Crippen LogP contribution < -0.4 is 0 Å². The molecule has 0 bridgehead atoms. The maximum absolute atomic E-state index is 13.0. The molecule has 0 spiro atoms. The first-order valence-electron chi connectivity index (χ1n) is 7.46. The second kappa shape index (κ2) is 5.89. The average molecular weight is 281 g/mol. The fraction of sp³-hybridized carbons (Fsp3) is 0.786. The smallest absolute Gasteiger partial charge is 0.223 e. The lowest BCUT2D eigenvalue weighted by Gasteiger charge is -2.14. The van der Waals surface area contributed by atoms with E-state index >= 15 is 0 Å². The van der Waals surface area contributed by atoms with E-state index in [-0.39, 0.29) is 12.5 Å². The second-order valence-electron chi connectivity index (χ2n) is 5.74. The van der Waals surface area contributed by atoms with Crippen molar-refractivity contribution in [2.75, 3.05) is 13.1 Å². The van der Waals surface area contributed by atoms with E-state index in [2.05, 4.69) is 10.2 Å². The number of alkyl halides is 1. The zero-order valence-corrected chi connectivity index (χ0v) is 11.6. The van der Waals surface area contributed by atoms with Gasteiger partial charge in [-0.1, -0.05) is 12.8 Å². The van der Waals surface area contributed by atoms with Gasteiger partial charge in [-0.25, -0.2) is 4.39 Å². The highest BCUT2D eigenvalue weighted by Gasteiger charge is 2.26. The number of carbonyl (C=O) groups is 1. The zero-order valence-electron chi connectivity index (χ0n) is 11.6. The SMILES string of the molecule is O=C(CCc1nnc(C2CCCC2)o1)N1CCC(F)C1. The van der Waals surface area contributed by atoms with Crippen molar-refractivity contribution in [1.29, 1.82) is 0 Å². The third kappa shape index (κ3) is 2.99. The Morgan fingerprint density at radius 1 is 1.30 bits per heavy atom. The molecule has 1 aliphatic heterocycles. The summed E-state index contributed by atoms with van der Waals surface area (Å²) in [6.45, 7) is 0.757. The van der Waals surface area contributed by atoms with Crippen molar-refractivity contribution in [1.82, 2.24) is 15.1 Å². The Hall–Kier alpha value is -1.46. The van der Waals surface area contributed by atoms with Crippen molar-refractivity contribution in [3.05, 3.63) is 11.8 Å². The summed E-state index contributed by atoms with van der Waals surface area (Å²) >= 11 is 0. The lowest BCUT2D eigenvalue weighted by molar-refractivity contribution is -0.130. The van der Waals surface area contributed by atoms with Gasteiger partial charge < -0.3 is 9.32 Å².